The Balaban J connectivity index is 1.65. The number of benzene rings is 2. The van der Waals surface area contributed by atoms with Crippen LogP contribution in [0.25, 0.3) is 0 Å². The van der Waals surface area contributed by atoms with Crippen molar-refractivity contribution in [1.82, 2.24) is 4.90 Å². The third kappa shape index (κ3) is 4.35. The summed E-state index contributed by atoms with van der Waals surface area (Å²) in [6.45, 7) is 6.25. The molecule has 0 aromatic heterocycles. The van der Waals surface area contributed by atoms with E-state index in [2.05, 4.69) is 28.4 Å². The fourth-order valence-corrected chi connectivity index (χ4v) is 3.24. The highest BCUT2D eigenvalue weighted by atomic mass is 19.4. The first-order valence-electron chi connectivity index (χ1n) is 8.80. The number of alkyl halides is 3. The predicted octanol–water partition coefficient (Wildman–Crippen LogP) is 4.68. The lowest BCUT2D eigenvalue weighted by molar-refractivity contribution is -0.136. The zero-order valence-corrected chi connectivity index (χ0v) is 15.3. The standard InChI is InChI=1S/C20H22F3N3O/c1-14-7-8-15(2)18(13-14)25-9-11-26(12-10-25)19(27)24-17-6-4-3-5-16(17)20(21,22)23/h3-8,13H,9-12H2,1-2H3,(H,24,27). The number of anilines is 2. The Labute approximate surface area is 156 Å². The summed E-state index contributed by atoms with van der Waals surface area (Å²) in [7, 11) is 0. The Morgan fingerprint density at radius 1 is 1.00 bits per heavy atom. The van der Waals surface area contributed by atoms with Crippen LogP contribution in [0, 0.1) is 13.8 Å². The number of urea groups is 1. The smallest absolute Gasteiger partial charge is 0.368 e. The minimum absolute atomic E-state index is 0.216. The van der Waals surface area contributed by atoms with Gasteiger partial charge < -0.3 is 15.1 Å². The first-order valence-corrected chi connectivity index (χ1v) is 8.80. The highest BCUT2D eigenvalue weighted by Crippen LogP contribution is 2.34. The van der Waals surface area contributed by atoms with Gasteiger partial charge in [0, 0.05) is 31.9 Å². The van der Waals surface area contributed by atoms with E-state index in [1.165, 1.54) is 23.8 Å². The van der Waals surface area contributed by atoms with Crippen molar-refractivity contribution in [2.45, 2.75) is 20.0 Å². The number of piperazine rings is 1. The average molecular weight is 377 g/mol. The minimum atomic E-state index is -4.51. The fourth-order valence-electron chi connectivity index (χ4n) is 3.24. The maximum atomic E-state index is 13.1. The quantitative estimate of drug-likeness (QED) is 0.825. The van der Waals surface area contributed by atoms with Gasteiger partial charge in [-0.25, -0.2) is 4.79 Å². The third-order valence-electron chi connectivity index (χ3n) is 4.75. The summed E-state index contributed by atoms with van der Waals surface area (Å²) in [6, 6.07) is 10.8. The van der Waals surface area contributed by atoms with Crippen molar-refractivity contribution in [2.24, 2.45) is 0 Å². The number of para-hydroxylation sites is 1. The van der Waals surface area contributed by atoms with Gasteiger partial charge in [0.25, 0.3) is 0 Å². The zero-order chi connectivity index (χ0) is 19.6. The van der Waals surface area contributed by atoms with Crippen LogP contribution in [0.3, 0.4) is 0 Å². The molecule has 7 heteroatoms. The molecule has 1 N–H and O–H groups in total. The van der Waals surface area contributed by atoms with Crippen LogP contribution in [-0.2, 0) is 6.18 Å². The summed E-state index contributed by atoms with van der Waals surface area (Å²) < 4.78 is 39.2. The first kappa shape index (κ1) is 19.1. The molecule has 1 fully saturated rings. The van der Waals surface area contributed by atoms with Crippen molar-refractivity contribution in [3.63, 3.8) is 0 Å². The Morgan fingerprint density at radius 3 is 2.33 bits per heavy atom. The third-order valence-corrected chi connectivity index (χ3v) is 4.75. The summed E-state index contributed by atoms with van der Waals surface area (Å²) in [4.78, 5) is 16.2. The van der Waals surface area contributed by atoms with Crippen LogP contribution in [0.2, 0.25) is 0 Å². The van der Waals surface area contributed by atoms with Crippen molar-refractivity contribution in [3.8, 4) is 0 Å². The highest BCUT2D eigenvalue weighted by molar-refractivity contribution is 5.90. The minimum Gasteiger partial charge on any atom is -0.368 e. The van der Waals surface area contributed by atoms with E-state index < -0.39 is 17.8 Å². The molecule has 27 heavy (non-hydrogen) atoms. The van der Waals surface area contributed by atoms with Crippen LogP contribution >= 0.6 is 0 Å². The largest absolute Gasteiger partial charge is 0.418 e. The number of amides is 2. The molecule has 144 valence electrons. The summed E-state index contributed by atoms with van der Waals surface area (Å²) in [5.74, 6) is 0. The van der Waals surface area contributed by atoms with E-state index in [0.29, 0.717) is 26.2 Å². The van der Waals surface area contributed by atoms with E-state index >= 15 is 0 Å². The Kier molecular flexibility index (Phi) is 5.30. The zero-order valence-electron chi connectivity index (χ0n) is 15.3. The summed E-state index contributed by atoms with van der Waals surface area (Å²) in [5.41, 5.74) is 2.41. The number of hydrogen-bond donors (Lipinski definition) is 1. The molecule has 2 aromatic rings. The van der Waals surface area contributed by atoms with Crippen LogP contribution in [0.4, 0.5) is 29.3 Å². The molecule has 0 atom stereocenters. The topological polar surface area (TPSA) is 35.6 Å². The molecule has 3 rings (SSSR count). The van der Waals surface area contributed by atoms with E-state index in [1.54, 1.807) is 4.90 Å². The second-order valence-corrected chi connectivity index (χ2v) is 6.74. The molecular weight excluding hydrogens is 355 g/mol. The Hall–Kier alpha value is -2.70. The Bertz CT molecular complexity index is 827. The van der Waals surface area contributed by atoms with Gasteiger partial charge in [0.15, 0.2) is 0 Å². The molecular formula is C20H22F3N3O. The molecule has 0 aliphatic carbocycles. The number of nitrogens with one attached hydrogen (secondary N) is 1. The van der Waals surface area contributed by atoms with Crippen LogP contribution in [0.15, 0.2) is 42.5 Å². The van der Waals surface area contributed by atoms with Gasteiger partial charge in [-0.1, -0.05) is 24.3 Å². The van der Waals surface area contributed by atoms with Gasteiger partial charge in [0.1, 0.15) is 0 Å². The summed E-state index contributed by atoms with van der Waals surface area (Å²) >= 11 is 0. The van der Waals surface area contributed by atoms with Gasteiger partial charge in [-0.2, -0.15) is 13.2 Å². The molecule has 1 saturated heterocycles. The molecule has 0 bridgehead atoms. The van der Waals surface area contributed by atoms with Crippen molar-refractivity contribution in [2.75, 3.05) is 36.4 Å². The van der Waals surface area contributed by atoms with Gasteiger partial charge in [0.2, 0.25) is 0 Å². The van der Waals surface area contributed by atoms with Crippen molar-refractivity contribution < 1.29 is 18.0 Å². The van der Waals surface area contributed by atoms with Crippen molar-refractivity contribution >= 4 is 17.4 Å². The maximum absolute atomic E-state index is 13.1. The van der Waals surface area contributed by atoms with Gasteiger partial charge in [-0.15, -0.1) is 0 Å². The molecule has 2 aromatic carbocycles. The highest BCUT2D eigenvalue weighted by Gasteiger charge is 2.34. The Morgan fingerprint density at radius 2 is 1.67 bits per heavy atom. The van der Waals surface area contributed by atoms with E-state index in [-0.39, 0.29) is 5.69 Å². The lowest BCUT2D eigenvalue weighted by atomic mass is 10.1. The molecule has 1 aliphatic rings. The first-order chi connectivity index (χ1) is 12.8. The van der Waals surface area contributed by atoms with Crippen molar-refractivity contribution in [1.29, 1.82) is 0 Å². The van der Waals surface area contributed by atoms with Crippen LogP contribution < -0.4 is 10.2 Å². The van der Waals surface area contributed by atoms with Gasteiger partial charge in [-0.05, 0) is 43.2 Å². The summed E-state index contributed by atoms with van der Waals surface area (Å²) in [6.07, 6.45) is -4.51. The number of halogens is 3. The molecule has 2 amide bonds. The lowest BCUT2D eigenvalue weighted by Crippen LogP contribution is -2.50. The number of carbonyl (C=O) groups is 1. The predicted molar refractivity (Wildman–Crippen MR) is 100 cm³/mol. The van der Waals surface area contributed by atoms with Crippen molar-refractivity contribution in [3.05, 3.63) is 59.2 Å². The number of hydrogen-bond acceptors (Lipinski definition) is 2. The number of nitrogens with zero attached hydrogens (tertiary/aromatic N) is 2. The van der Waals surface area contributed by atoms with E-state index in [4.69, 9.17) is 0 Å². The second kappa shape index (κ2) is 7.50. The van der Waals surface area contributed by atoms with Gasteiger partial charge in [0.05, 0.1) is 11.3 Å². The molecule has 1 aliphatic heterocycles. The molecule has 4 nitrogen and oxygen atoms in total. The maximum Gasteiger partial charge on any atom is 0.418 e. The molecule has 0 unspecified atom stereocenters. The molecule has 1 heterocycles. The molecule has 0 radical (unpaired) electrons. The second-order valence-electron chi connectivity index (χ2n) is 6.74. The SMILES string of the molecule is Cc1ccc(C)c(N2CCN(C(=O)Nc3ccccc3C(F)(F)F)CC2)c1. The van der Waals surface area contributed by atoms with Gasteiger partial charge >= 0.3 is 12.2 Å². The van der Waals surface area contributed by atoms with E-state index in [0.717, 1.165) is 17.3 Å². The normalized spacial score (nSPS) is 15.0. The van der Waals surface area contributed by atoms with Gasteiger partial charge in [-0.3, -0.25) is 0 Å². The molecule has 0 spiro atoms. The van der Waals surface area contributed by atoms with E-state index in [1.807, 2.05) is 13.8 Å². The van der Waals surface area contributed by atoms with E-state index in [9.17, 15) is 18.0 Å². The van der Waals surface area contributed by atoms with Crippen LogP contribution in [0.5, 0.6) is 0 Å². The molecule has 0 saturated carbocycles. The number of carbonyl (C=O) groups excluding carboxylic acids is 1. The fraction of sp³-hybridized carbons (Fsp3) is 0.350. The monoisotopic (exact) mass is 377 g/mol. The number of aryl methyl sites for hydroxylation is 2. The van der Waals surface area contributed by atoms with Crippen LogP contribution in [-0.4, -0.2) is 37.1 Å². The van der Waals surface area contributed by atoms with Crippen LogP contribution in [0.1, 0.15) is 16.7 Å². The lowest BCUT2D eigenvalue weighted by Gasteiger charge is -2.37. The average Bonchev–Trinajstić information content (AvgIpc) is 2.63. The summed E-state index contributed by atoms with van der Waals surface area (Å²) in [5, 5.41) is 2.41. The number of rotatable bonds is 2.